The van der Waals surface area contributed by atoms with Crippen molar-refractivity contribution in [1.29, 1.82) is 0 Å². The van der Waals surface area contributed by atoms with Gasteiger partial charge in [-0.1, -0.05) is 45.7 Å². The third kappa shape index (κ3) is 4.43. The van der Waals surface area contributed by atoms with Crippen LogP contribution in [-0.4, -0.2) is 21.0 Å². The van der Waals surface area contributed by atoms with Crippen molar-refractivity contribution in [2.75, 3.05) is 0 Å². The zero-order valence-electron chi connectivity index (χ0n) is 15.6. The molecule has 1 aromatic heterocycles. The van der Waals surface area contributed by atoms with E-state index in [-0.39, 0.29) is 22.4 Å². The lowest BCUT2D eigenvalue weighted by Gasteiger charge is -2.13. The minimum Gasteiger partial charge on any atom is -0.457 e. The number of hydrogen-bond donors (Lipinski definition) is 0. The largest absolute Gasteiger partial charge is 0.457 e. The van der Waals surface area contributed by atoms with Crippen LogP contribution in [0.5, 0.6) is 0 Å². The number of benzene rings is 2. The van der Waals surface area contributed by atoms with Crippen molar-refractivity contribution in [3.63, 3.8) is 0 Å². The summed E-state index contributed by atoms with van der Waals surface area (Å²) in [6, 6.07) is 14.6. The molecule has 1 saturated heterocycles. The molecule has 156 valence electrons. The van der Waals surface area contributed by atoms with Crippen molar-refractivity contribution in [2.45, 2.75) is 6.54 Å². The highest BCUT2D eigenvalue weighted by Gasteiger charge is 2.35. The minimum absolute atomic E-state index is 0.120. The predicted octanol–water partition coefficient (Wildman–Crippen LogP) is 6.51. The van der Waals surface area contributed by atoms with Crippen molar-refractivity contribution >= 4 is 62.2 Å². The Kier molecular flexibility index (Phi) is 5.99. The molecule has 31 heavy (non-hydrogen) atoms. The normalized spacial score (nSPS) is 15.2. The maximum Gasteiger partial charge on any atom is 0.293 e. The van der Waals surface area contributed by atoms with E-state index in [1.165, 1.54) is 24.3 Å². The van der Waals surface area contributed by atoms with Crippen molar-refractivity contribution < 1.29 is 18.9 Å². The molecule has 0 N–H and O–H groups in total. The number of hydrogen-bond acceptors (Lipinski definition) is 6. The standard InChI is InChI=1S/C21H12BrClN2O5S/c22-16-4-2-1-3-12(16)11-24-20(26)19(31-21(24)27)10-14-6-8-18(30-14)15-9-13(25(28)29)5-7-17(15)23/h1-10H,11H2/b19-10+. The molecule has 2 heterocycles. The summed E-state index contributed by atoms with van der Waals surface area (Å²) < 4.78 is 6.53. The number of amides is 2. The average Bonchev–Trinajstić information content (AvgIpc) is 3.30. The maximum atomic E-state index is 12.7. The fraction of sp³-hybridized carbons (Fsp3) is 0.0476. The van der Waals surface area contributed by atoms with Gasteiger partial charge in [-0.15, -0.1) is 0 Å². The van der Waals surface area contributed by atoms with E-state index in [9.17, 15) is 19.7 Å². The van der Waals surface area contributed by atoms with Gasteiger partial charge in [-0.25, -0.2) is 0 Å². The molecule has 10 heteroatoms. The fourth-order valence-electron chi connectivity index (χ4n) is 2.95. The summed E-state index contributed by atoms with van der Waals surface area (Å²) in [7, 11) is 0. The zero-order valence-corrected chi connectivity index (χ0v) is 18.7. The summed E-state index contributed by atoms with van der Waals surface area (Å²) in [5.74, 6) is 0.216. The monoisotopic (exact) mass is 518 g/mol. The predicted molar refractivity (Wildman–Crippen MR) is 121 cm³/mol. The van der Waals surface area contributed by atoms with Gasteiger partial charge in [0.15, 0.2) is 0 Å². The van der Waals surface area contributed by atoms with Crippen LogP contribution in [0.4, 0.5) is 10.5 Å². The number of halogens is 2. The number of furan rings is 1. The number of nitrogens with zero attached hydrogens (tertiary/aromatic N) is 2. The van der Waals surface area contributed by atoms with Crippen molar-refractivity contribution in [2.24, 2.45) is 0 Å². The zero-order chi connectivity index (χ0) is 22.1. The summed E-state index contributed by atoms with van der Waals surface area (Å²) in [6.45, 7) is 0.149. The number of nitro groups is 1. The van der Waals surface area contributed by atoms with Crippen LogP contribution < -0.4 is 0 Å². The molecule has 7 nitrogen and oxygen atoms in total. The lowest BCUT2D eigenvalue weighted by molar-refractivity contribution is -0.384. The SMILES string of the molecule is O=C1S/C(=C/c2ccc(-c3cc([N+](=O)[O-])ccc3Cl)o2)C(=O)N1Cc1ccccc1Br. The van der Waals surface area contributed by atoms with Crippen molar-refractivity contribution in [3.05, 3.63) is 90.4 Å². The van der Waals surface area contributed by atoms with Gasteiger partial charge >= 0.3 is 0 Å². The van der Waals surface area contributed by atoms with E-state index < -0.39 is 10.8 Å². The van der Waals surface area contributed by atoms with Gasteiger partial charge in [0, 0.05) is 28.2 Å². The smallest absolute Gasteiger partial charge is 0.293 e. The van der Waals surface area contributed by atoms with Gasteiger partial charge in [-0.2, -0.15) is 0 Å². The van der Waals surface area contributed by atoms with E-state index in [0.717, 1.165) is 26.7 Å². The van der Waals surface area contributed by atoms with Crippen LogP contribution in [0.2, 0.25) is 5.02 Å². The summed E-state index contributed by atoms with van der Waals surface area (Å²) in [6.07, 6.45) is 1.47. The minimum atomic E-state index is -0.523. The van der Waals surface area contributed by atoms with E-state index in [0.29, 0.717) is 22.1 Å². The van der Waals surface area contributed by atoms with Gasteiger partial charge in [0.25, 0.3) is 16.8 Å². The van der Waals surface area contributed by atoms with Crippen LogP contribution in [0.15, 0.2) is 68.4 Å². The second kappa shape index (κ2) is 8.70. The number of nitro benzene ring substituents is 1. The van der Waals surface area contributed by atoms with E-state index in [1.54, 1.807) is 12.1 Å². The second-order valence-corrected chi connectivity index (χ2v) is 8.74. The highest BCUT2D eigenvalue weighted by atomic mass is 79.9. The Hall–Kier alpha value is -2.88. The van der Waals surface area contributed by atoms with Crippen molar-refractivity contribution in [1.82, 2.24) is 4.90 Å². The highest BCUT2D eigenvalue weighted by molar-refractivity contribution is 9.10. The Balaban J connectivity index is 1.58. The van der Waals surface area contributed by atoms with E-state index in [2.05, 4.69) is 15.9 Å². The summed E-state index contributed by atoms with van der Waals surface area (Å²) in [5, 5.41) is 10.9. The number of thioether (sulfide) groups is 1. The van der Waals surface area contributed by atoms with Gasteiger partial charge in [0.05, 0.1) is 21.4 Å². The van der Waals surface area contributed by atoms with Gasteiger partial charge in [-0.3, -0.25) is 24.6 Å². The summed E-state index contributed by atoms with van der Waals surface area (Å²) in [5.41, 5.74) is 1.05. The molecule has 4 rings (SSSR count). The van der Waals surface area contributed by atoms with E-state index in [4.69, 9.17) is 16.0 Å². The molecule has 0 atom stereocenters. The van der Waals surface area contributed by atoms with Crippen molar-refractivity contribution in [3.8, 4) is 11.3 Å². The lowest BCUT2D eigenvalue weighted by Crippen LogP contribution is -2.27. The second-order valence-electron chi connectivity index (χ2n) is 6.48. The van der Waals surface area contributed by atoms with Crippen LogP contribution in [0, 0.1) is 10.1 Å². The average molecular weight is 520 g/mol. The first-order valence-corrected chi connectivity index (χ1v) is 10.8. The summed E-state index contributed by atoms with van der Waals surface area (Å²) >= 11 is 10.4. The first-order chi connectivity index (χ1) is 14.8. The molecule has 2 amide bonds. The molecule has 2 aromatic carbocycles. The third-order valence-corrected chi connectivity index (χ3v) is 6.50. The number of carbonyl (C=O) groups excluding carboxylic acids is 2. The molecule has 0 saturated carbocycles. The van der Waals surface area contributed by atoms with Gasteiger partial charge in [0.2, 0.25) is 0 Å². The van der Waals surface area contributed by atoms with Gasteiger partial charge in [-0.05, 0) is 41.6 Å². The Morgan fingerprint density at radius 1 is 1.16 bits per heavy atom. The molecular weight excluding hydrogens is 508 g/mol. The molecule has 0 radical (unpaired) electrons. The Labute approximate surface area is 193 Å². The maximum absolute atomic E-state index is 12.7. The first kappa shape index (κ1) is 21.4. The molecule has 3 aromatic rings. The molecule has 0 bridgehead atoms. The number of carbonyl (C=O) groups is 2. The quantitative estimate of drug-likeness (QED) is 0.217. The molecular formula is C21H12BrClN2O5S. The third-order valence-electron chi connectivity index (χ3n) is 4.49. The van der Waals surface area contributed by atoms with Gasteiger partial charge < -0.3 is 4.42 Å². The lowest BCUT2D eigenvalue weighted by atomic mass is 10.1. The van der Waals surface area contributed by atoms with E-state index in [1.807, 2.05) is 24.3 Å². The van der Waals surface area contributed by atoms with Crippen LogP contribution in [0.1, 0.15) is 11.3 Å². The van der Waals surface area contributed by atoms with E-state index >= 15 is 0 Å². The Bertz CT molecular complexity index is 1260. The molecule has 0 aliphatic carbocycles. The Morgan fingerprint density at radius 3 is 2.68 bits per heavy atom. The molecule has 1 fully saturated rings. The number of imide groups is 1. The van der Waals surface area contributed by atoms with Crippen LogP contribution >= 0.6 is 39.3 Å². The highest BCUT2D eigenvalue weighted by Crippen LogP contribution is 2.36. The molecule has 1 aliphatic heterocycles. The molecule has 0 unspecified atom stereocenters. The van der Waals surface area contributed by atoms with Gasteiger partial charge in [0.1, 0.15) is 11.5 Å². The Morgan fingerprint density at radius 2 is 1.94 bits per heavy atom. The summed E-state index contributed by atoms with van der Waals surface area (Å²) in [4.78, 5) is 37.0. The van der Waals surface area contributed by atoms with Crippen LogP contribution in [0.3, 0.4) is 0 Å². The van der Waals surface area contributed by atoms with Crippen LogP contribution in [-0.2, 0) is 11.3 Å². The molecule has 0 spiro atoms. The molecule has 1 aliphatic rings. The number of non-ortho nitro benzene ring substituents is 1. The topological polar surface area (TPSA) is 93.7 Å². The first-order valence-electron chi connectivity index (χ1n) is 8.86. The number of rotatable bonds is 5. The van der Waals surface area contributed by atoms with Crippen LogP contribution in [0.25, 0.3) is 17.4 Å². The fourth-order valence-corrected chi connectivity index (χ4v) is 4.39.